The van der Waals surface area contributed by atoms with Crippen molar-refractivity contribution in [1.82, 2.24) is 5.32 Å². The topological polar surface area (TPSA) is 38.3 Å². The monoisotopic (exact) mass is 347 g/mol. The second kappa shape index (κ2) is 7.79. The average Bonchev–Trinajstić information content (AvgIpc) is 2.33. The fourth-order valence-corrected chi connectivity index (χ4v) is 1.93. The highest BCUT2D eigenvalue weighted by Gasteiger charge is 2.15. The molecule has 0 saturated heterocycles. The van der Waals surface area contributed by atoms with E-state index in [1.807, 2.05) is 0 Å². The number of hydrogen-bond acceptors (Lipinski definition) is 2. The number of benzene rings is 1. The number of alkyl carbamates (subject to hydrolysis) is 1. The number of amides is 1. The summed E-state index contributed by atoms with van der Waals surface area (Å²) >= 11 is 17.7. The third-order valence-corrected chi connectivity index (χ3v) is 3.33. The number of carbonyl (C=O) groups is 1. The van der Waals surface area contributed by atoms with E-state index in [2.05, 4.69) is 17.2 Å². The standard InChI is InChI=1S/C15H16Cl3NO2/c1-15(2,3)21-14(20)19-7-5-4-6-10-8-11(16)13(18)12(17)9-10/h8-9H,5,7H2,1-3H3,(H,19,20). The summed E-state index contributed by atoms with van der Waals surface area (Å²) in [5, 5.41) is 3.66. The molecule has 1 amide bonds. The molecule has 0 aliphatic heterocycles. The van der Waals surface area contributed by atoms with Gasteiger partial charge in [-0.05, 0) is 32.9 Å². The van der Waals surface area contributed by atoms with Gasteiger partial charge in [-0.1, -0.05) is 46.6 Å². The van der Waals surface area contributed by atoms with Gasteiger partial charge in [-0.3, -0.25) is 0 Å². The van der Waals surface area contributed by atoms with Crippen molar-refractivity contribution in [3.63, 3.8) is 0 Å². The molecule has 0 unspecified atom stereocenters. The van der Waals surface area contributed by atoms with Crippen molar-refractivity contribution in [2.24, 2.45) is 0 Å². The number of halogens is 3. The van der Waals surface area contributed by atoms with Gasteiger partial charge in [0.1, 0.15) is 5.60 Å². The van der Waals surface area contributed by atoms with Gasteiger partial charge in [0.25, 0.3) is 0 Å². The molecular formula is C15H16Cl3NO2. The van der Waals surface area contributed by atoms with Crippen molar-refractivity contribution >= 4 is 40.9 Å². The van der Waals surface area contributed by atoms with Gasteiger partial charge in [-0.25, -0.2) is 4.79 Å². The zero-order valence-corrected chi connectivity index (χ0v) is 14.3. The lowest BCUT2D eigenvalue weighted by Crippen LogP contribution is -2.32. The molecule has 0 atom stereocenters. The number of nitrogens with one attached hydrogen (secondary N) is 1. The molecule has 0 bridgehead atoms. The molecule has 3 nitrogen and oxygen atoms in total. The molecule has 0 radical (unpaired) electrons. The van der Waals surface area contributed by atoms with E-state index in [0.717, 1.165) is 0 Å². The highest BCUT2D eigenvalue weighted by molar-refractivity contribution is 6.48. The third-order valence-electron chi connectivity index (χ3n) is 2.13. The lowest BCUT2D eigenvalue weighted by molar-refractivity contribution is 0.0529. The Hall–Kier alpha value is -1.08. The van der Waals surface area contributed by atoms with Gasteiger partial charge < -0.3 is 10.1 Å². The SMILES string of the molecule is CC(C)(C)OC(=O)NCCC#Cc1cc(Cl)c(Cl)c(Cl)c1. The minimum Gasteiger partial charge on any atom is -0.444 e. The van der Waals surface area contributed by atoms with Crippen molar-refractivity contribution in [1.29, 1.82) is 0 Å². The molecule has 1 N–H and O–H groups in total. The molecule has 1 rings (SSSR count). The van der Waals surface area contributed by atoms with E-state index in [1.54, 1.807) is 32.9 Å². The molecule has 1 aromatic carbocycles. The van der Waals surface area contributed by atoms with Crippen molar-refractivity contribution in [2.45, 2.75) is 32.8 Å². The average molecular weight is 349 g/mol. The Morgan fingerprint density at radius 2 is 1.81 bits per heavy atom. The first kappa shape index (κ1) is 18.0. The van der Waals surface area contributed by atoms with E-state index < -0.39 is 11.7 Å². The normalized spacial score (nSPS) is 10.6. The summed E-state index contributed by atoms with van der Waals surface area (Å²) < 4.78 is 5.10. The van der Waals surface area contributed by atoms with Crippen molar-refractivity contribution < 1.29 is 9.53 Å². The lowest BCUT2D eigenvalue weighted by Gasteiger charge is -2.19. The van der Waals surface area contributed by atoms with Gasteiger partial charge in [0, 0.05) is 18.5 Å². The first-order valence-corrected chi connectivity index (χ1v) is 7.43. The van der Waals surface area contributed by atoms with Crippen LogP contribution in [0.15, 0.2) is 12.1 Å². The molecule has 0 fully saturated rings. The Bertz CT molecular complexity index is 560. The van der Waals surface area contributed by atoms with Crippen LogP contribution in [-0.4, -0.2) is 18.2 Å². The predicted molar refractivity (Wildman–Crippen MR) is 87.2 cm³/mol. The van der Waals surface area contributed by atoms with Crippen LogP contribution in [0, 0.1) is 11.8 Å². The summed E-state index contributed by atoms with van der Waals surface area (Å²) in [5.74, 6) is 5.82. The smallest absolute Gasteiger partial charge is 0.407 e. The molecule has 0 aliphatic rings. The van der Waals surface area contributed by atoms with Crippen LogP contribution >= 0.6 is 34.8 Å². The van der Waals surface area contributed by atoms with Gasteiger partial charge in [0.2, 0.25) is 0 Å². The molecule has 1 aromatic rings. The Labute approximate surface area is 139 Å². The summed E-state index contributed by atoms with van der Waals surface area (Å²) in [6, 6.07) is 3.29. The minimum atomic E-state index is -0.507. The molecular weight excluding hydrogens is 333 g/mol. The Morgan fingerprint density at radius 1 is 1.24 bits per heavy atom. The number of carbonyl (C=O) groups excluding carboxylic acids is 1. The van der Waals surface area contributed by atoms with Crippen molar-refractivity contribution in [3.8, 4) is 11.8 Å². The maximum Gasteiger partial charge on any atom is 0.407 e. The Balaban J connectivity index is 2.46. The molecule has 0 aliphatic carbocycles. The quantitative estimate of drug-likeness (QED) is 0.468. The van der Waals surface area contributed by atoms with E-state index in [1.165, 1.54) is 0 Å². The molecule has 21 heavy (non-hydrogen) atoms. The van der Waals surface area contributed by atoms with Crippen LogP contribution in [-0.2, 0) is 4.74 Å². The molecule has 0 heterocycles. The van der Waals surface area contributed by atoms with Crippen LogP contribution in [0.5, 0.6) is 0 Å². The van der Waals surface area contributed by atoms with Crippen LogP contribution in [0.3, 0.4) is 0 Å². The van der Waals surface area contributed by atoms with Crippen molar-refractivity contribution in [3.05, 3.63) is 32.8 Å². The van der Waals surface area contributed by atoms with E-state index in [9.17, 15) is 4.79 Å². The predicted octanol–water partition coefficient (Wildman–Crippen LogP) is 4.91. The van der Waals surface area contributed by atoms with E-state index >= 15 is 0 Å². The second-order valence-electron chi connectivity index (χ2n) is 5.23. The Kier molecular flexibility index (Phi) is 6.67. The summed E-state index contributed by atoms with van der Waals surface area (Å²) in [6.45, 7) is 5.82. The summed E-state index contributed by atoms with van der Waals surface area (Å²) in [7, 11) is 0. The Morgan fingerprint density at radius 3 is 2.33 bits per heavy atom. The summed E-state index contributed by atoms with van der Waals surface area (Å²) in [6.07, 6.45) is 0.0267. The van der Waals surface area contributed by atoms with Gasteiger partial charge in [0.05, 0.1) is 15.1 Å². The number of hydrogen-bond donors (Lipinski definition) is 1. The van der Waals surface area contributed by atoms with E-state index in [4.69, 9.17) is 39.5 Å². The van der Waals surface area contributed by atoms with Crippen LogP contribution in [0.1, 0.15) is 32.8 Å². The lowest BCUT2D eigenvalue weighted by atomic mass is 10.2. The highest BCUT2D eigenvalue weighted by atomic mass is 35.5. The number of ether oxygens (including phenoxy) is 1. The third kappa shape index (κ3) is 6.95. The van der Waals surface area contributed by atoms with E-state index in [0.29, 0.717) is 33.6 Å². The number of rotatable bonds is 2. The van der Waals surface area contributed by atoms with Crippen LogP contribution in [0.2, 0.25) is 15.1 Å². The highest BCUT2D eigenvalue weighted by Crippen LogP contribution is 2.30. The molecule has 6 heteroatoms. The second-order valence-corrected chi connectivity index (χ2v) is 6.43. The fourth-order valence-electron chi connectivity index (χ4n) is 1.33. The molecule has 0 saturated carbocycles. The maximum absolute atomic E-state index is 11.4. The summed E-state index contributed by atoms with van der Waals surface area (Å²) in [4.78, 5) is 11.4. The van der Waals surface area contributed by atoms with Crippen LogP contribution < -0.4 is 5.32 Å². The largest absolute Gasteiger partial charge is 0.444 e. The van der Waals surface area contributed by atoms with Gasteiger partial charge >= 0.3 is 6.09 Å². The molecule has 114 valence electrons. The van der Waals surface area contributed by atoms with Crippen LogP contribution in [0.4, 0.5) is 4.79 Å². The molecule has 0 aromatic heterocycles. The van der Waals surface area contributed by atoms with Gasteiger partial charge in [0.15, 0.2) is 0 Å². The van der Waals surface area contributed by atoms with Crippen molar-refractivity contribution in [2.75, 3.05) is 6.54 Å². The first-order chi connectivity index (χ1) is 9.69. The zero-order chi connectivity index (χ0) is 16.0. The molecule has 0 spiro atoms. The first-order valence-electron chi connectivity index (χ1n) is 6.29. The van der Waals surface area contributed by atoms with Gasteiger partial charge in [-0.15, -0.1) is 0 Å². The minimum absolute atomic E-state index is 0.315. The van der Waals surface area contributed by atoms with Gasteiger partial charge in [-0.2, -0.15) is 0 Å². The van der Waals surface area contributed by atoms with Crippen LogP contribution in [0.25, 0.3) is 0 Å². The zero-order valence-electron chi connectivity index (χ0n) is 12.0. The van der Waals surface area contributed by atoms with E-state index in [-0.39, 0.29) is 0 Å². The maximum atomic E-state index is 11.4. The fraction of sp³-hybridized carbons (Fsp3) is 0.400. The summed E-state index contributed by atoms with van der Waals surface area (Å²) in [5.41, 5.74) is 0.165.